The van der Waals surface area contributed by atoms with E-state index in [9.17, 15) is 9.59 Å². The molecule has 0 radical (unpaired) electrons. The van der Waals surface area contributed by atoms with Gasteiger partial charge in [0.05, 0.1) is 37.3 Å². The van der Waals surface area contributed by atoms with Gasteiger partial charge in [-0.1, -0.05) is 0 Å². The highest BCUT2D eigenvalue weighted by atomic mass is 16.5. The first-order chi connectivity index (χ1) is 16.5. The number of aromatic nitrogens is 2. The van der Waals surface area contributed by atoms with E-state index < -0.39 is 0 Å². The Balaban J connectivity index is 0.000000588. The molecule has 4 aromatic rings. The van der Waals surface area contributed by atoms with Crippen LogP contribution < -0.4 is 19.5 Å². The molecule has 0 saturated carbocycles. The molecule has 4 rings (SSSR count). The second-order valence-corrected chi connectivity index (χ2v) is 6.83. The van der Waals surface area contributed by atoms with Crippen LogP contribution in [0.15, 0.2) is 41.1 Å². The SMILES string of the molecule is CCOC=O.CNC(=O)c1c(C)oc2cc(Oc3ncnc4cc(OC)c(OC)cc34)ccc12. The second kappa shape index (κ2) is 11.0. The van der Waals surface area contributed by atoms with E-state index in [1.807, 2.05) is 0 Å². The van der Waals surface area contributed by atoms with Crippen molar-refractivity contribution in [3.8, 4) is 23.1 Å². The number of hydrogen-bond donors (Lipinski definition) is 1. The lowest BCUT2D eigenvalue weighted by atomic mass is 10.1. The van der Waals surface area contributed by atoms with E-state index in [4.69, 9.17) is 18.6 Å². The molecule has 0 aliphatic heterocycles. The molecule has 2 aromatic carbocycles. The Morgan fingerprint density at radius 1 is 1.09 bits per heavy atom. The number of nitrogens with one attached hydrogen (secondary N) is 1. The zero-order valence-electron chi connectivity index (χ0n) is 19.5. The molecule has 0 atom stereocenters. The maximum atomic E-state index is 12.1. The topological polar surface area (TPSA) is 122 Å². The number of amides is 1. The van der Waals surface area contributed by atoms with Gasteiger partial charge in [-0.05, 0) is 32.0 Å². The summed E-state index contributed by atoms with van der Waals surface area (Å²) in [4.78, 5) is 29.8. The minimum atomic E-state index is -0.197. The number of hydrogen-bond acceptors (Lipinski definition) is 9. The number of benzene rings is 2. The Bertz CT molecular complexity index is 1320. The van der Waals surface area contributed by atoms with Crippen LogP contribution in [-0.2, 0) is 9.53 Å². The van der Waals surface area contributed by atoms with E-state index in [1.165, 1.54) is 6.33 Å². The molecule has 2 heterocycles. The molecule has 0 aliphatic carbocycles. The summed E-state index contributed by atoms with van der Waals surface area (Å²) in [7, 11) is 4.71. The lowest BCUT2D eigenvalue weighted by Crippen LogP contribution is -2.18. The van der Waals surface area contributed by atoms with Crippen LogP contribution in [0.1, 0.15) is 23.0 Å². The fourth-order valence-corrected chi connectivity index (χ4v) is 3.29. The van der Waals surface area contributed by atoms with Gasteiger partial charge in [-0.25, -0.2) is 9.97 Å². The summed E-state index contributed by atoms with van der Waals surface area (Å²) in [5.74, 6) is 2.35. The maximum Gasteiger partial charge on any atom is 0.293 e. The third-order valence-electron chi connectivity index (χ3n) is 4.84. The van der Waals surface area contributed by atoms with Crippen LogP contribution in [0.4, 0.5) is 0 Å². The van der Waals surface area contributed by atoms with E-state index >= 15 is 0 Å². The standard InChI is InChI=1S/C21H19N3O5.C3H6O2/c1-11-19(20(25)22-2)13-6-5-12(7-16(13)28-11)29-21-14-8-17(26-3)18(27-4)9-15(14)23-10-24-21;1-2-5-3-4/h5-10H,1-4H3,(H,22,25);3H,2H2,1H3. The van der Waals surface area contributed by atoms with Gasteiger partial charge in [0.1, 0.15) is 23.4 Å². The predicted molar refractivity (Wildman–Crippen MR) is 125 cm³/mol. The van der Waals surface area contributed by atoms with Crippen molar-refractivity contribution in [2.75, 3.05) is 27.9 Å². The van der Waals surface area contributed by atoms with Crippen molar-refractivity contribution in [2.24, 2.45) is 0 Å². The highest BCUT2D eigenvalue weighted by Gasteiger charge is 2.18. The number of ether oxygens (including phenoxy) is 4. The fourth-order valence-electron chi connectivity index (χ4n) is 3.29. The summed E-state index contributed by atoms with van der Waals surface area (Å²) in [6.45, 7) is 4.42. The molecule has 34 heavy (non-hydrogen) atoms. The maximum absolute atomic E-state index is 12.1. The van der Waals surface area contributed by atoms with Crippen molar-refractivity contribution in [3.05, 3.63) is 48.0 Å². The first-order valence-electron chi connectivity index (χ1n) is 10.3. The molecule has 1 N–H and O–H groups in total. The first-order valence-corrected chi connectivity index (χ1v) is 10.3. The molecule has 0 aliphatic rings. The molecule has 0 fully saturated rings. The number of rotatable bonds is 7. The third-order valence-corrected chi connectivity index (χ3v) is 4.84. The van der Waals surface area contributed by atoms with Gasteiger partial charge >= 0.3 is 0 Å². The molecular weight excluding hydrogens is 442 g/mol. The molecule has 0 bridgehead atoms. The monoisotopic (exact) mass is 467 g/mol. The molecule has 0 saturated heterocycles. The fraction of sp³-hybridized carbons (Fsp3) is 0.250. The quantitative estimate of drug-likeness (QED) is 0.401. The van der Waals surface area contributed by atoms with Crippen LogP contribution in [-0.4, -0.2) is 50.2 Å². The largest absolute Gasteiger partial charge is 0.493 e. The van der Waals surface area contributed by atoms with Crippen LogP contribution in [0, 0.1) is 6.92 Å². The van der Waals surface area contributed by atoms with Crippen molar-refractivity contribution >= 4 is 34.3 Å². The zero-order valence-corrected chi connectivity index (χ0v) is 19.5. The van der Waals surface area contributed by atoms with E-state index in [0.717, 1.165) is 0 Å². The van der Waals surface area contributed by atoms with Gasteiger partial charge in [0.15, 0.2) is 11.5 Å². The summed E-state index contributed by atoms with van der Waals surface area (Å²) in [6, 6.07) is 8.81. The van der Waals surface area contributed by atoms with Crippen molar-refractivity contribution < 1.29 is 33.0 Å². The molecule has 1 amide bonds. The Kier molecular flexibility index (Phi) is 7.86. The van der Waals surface area contributed by atoms with Crippen molar-refractivity contribution in [1.82, 2.24) is 15.3 Å². The summed E-state index contributed by atoms with van der Waals surface area (Å²) >= 11 is 0. The van der Waals surface area contributed by atoms with Crippen LogP contribution in [0.25, 0.3) is 21.9 Å². The number of carbonyl (C=O) groups excluding carboxylic acids is 2. The van der Waals surface area contributed by atoms with Crippen LogP contribution in [0.2, 0.25) is 0 Å². The van der Waals surface area contributed by atoms with Gasteiger partial charge in [-0.3, -0.25) is 9.59 Å². The minimum Gasteiger partial charge on any atom is -0.493 e. The van der Waals surface area contributed by atoms with Crippen molar-refractivity contribution in [1.29, 1.82) is 0 Å². The van der Waals surface area contributed by atoms with Crippen LogP contribution in [0.5, 0.6) is 23.1 Å². The molecule has 2 aromatic heterocycles. The van der Waals surface area contributed by atoms with Crippen molar-refractivity contribution in [3.63, 3.8) is 0 Å². The number of methoxy groups -OCH3 is 2. The zero-order chi connectivity index (χ0) is 24.7. The molecule has 178 valence electrons. The predicted octanol–water partition coefficient (Wildman–Crippen LogP) is 4.03. The van der Waals surface area contributed by atoms with E-state index in [-0.39, 0.29) is 5.91 Å². The summed E-state index contributed by atoms with van der Waals surface area (Å²) in [6.07, 6.45) is 1.42. The van der Waals surface area contributed by atoms with Gasteiger partial charge in [-0.2, -0.15) is 0 Å². The lowest BCUT2D eigenvalue weighted by molar-refractivity contribution is -0.128. The highest BCUT2D eigenvalue weighted by molar-refractivity contribution is 6.07. The Morgan fingerprint density at radius 2 is 1.82 bits per heavy atom. The summed E-state index contributed by atoms with van der Waals surface area (Å²) in [5, 5.41) is 4.01. The highest BCUT2D eigenvalue weighted by Crippen LogP contribution is 2.36. The van der Waals surface area contributed by atoms with Gasteiger partial charge in [0, 0.05) is 24.6 Å². The minimum absolute atomic E-state index is 0.197. The Morgan fingerprint density at radius 3 is 2.44 bits per heavy atom. The molecule has 0 unspecified atom stereocenters. The number of aryl methyl sites for hydroxylation is 1. The third kappa shape index (κ3) is 5.01. The number of nitrogens with zero attached hydrogens (tertiary/aromatic N) is 2. The normalized spacial score (nSPS) is 10.3. The molecule has 10 nitrogen and oxygen atoms in total. The molecule has 10 heteroatoms. The number of fused-ring (bicyclic) bond motifs is 2. The molecular formula is C24H25N3O7. The summed E-state index contributed by atoms with van der Waals surface area (Å²) < 4.78 is 26.6. The second-order valence-electron chi connectivity index (χ2n) is 6.83. The van der Waals surface area contributed by atoms with E-state index in [0.29, 0.717) is 69.4 Å². The van der Waals surface area contributed by atoms with Crippen LogP contribution >= 0.6 is 0 Å². The first kappa shape index (κ1) is 24.3. The lowest BCUT2D eigenvalue weighted by Gasteiger charge is -2.11. The van der Waals surface area contributed by atoms with Gasteiger partial charge in [-0.15, -0.1) is 0 Å². The smallest absolute Gasteiger partial charge is 0.293 e. The van der Waals surface area contributed by atoms with Gasteiger partial charge in [0.25, 0.3) is 12.4 Å². The van der Waals surface area contributed by atoms with Gasteiger partial charge < -0.3 is 28.7 Å². The molecule has 0 spiro atoms. The van der Waals surface area contributed by atoms with Gasteiger partial charge in [0.2, 0.25) is 5.88 Å². The Labute approximate surface area is 195 Å². The number of carbonyl (C=O) groups is 2. The Hall–Kier alpha value is -4.34. The number of furan rings is 1. The summed E-state index contributed by atoms with van der Waals surface area (Å²) in [5.41, 5.74) is 1.72. The average Bonchev–Trinajstić information content (AvgIpc) is 3.18. The average molecular weight is 467 g/mol. The van der Waals surface area contributed by atoms with Crippen LogP contribution in [0.3, 0.4) is 0 Å². The van der Waals surface area contributed by atoms with E-state index in [1.54, 1.807) is 65.4 Å². The van der Waals surface area contributed by atoms with Crippen molar-refractivity contribution in [2.45, 2.75) is 13.8 Å². The van der Waals surface area contributed by atoms with E-state index in [2.05, 4.69) is 20.0 Å².